The number of carbonyl (C=O) groups excluding carboxylic acids is 2. The number of rotatable bonds is 13. The molecule has 2 aliphatic carbocycles. The first-order valence-corrected chi connectivity index (χ1v) is 15.6. The summed E-state index contributed by atoms with van der Waals surface area (Å²) >= 11 is 6.45. The first-order chi connectivity index (χ1) is 19.1. The number of benzene rings is 1. The standard InChI is InChI=1S/C29H33ClF3N3O4S/c1-18(25(37)28(11-12-28)29(31,32)33)14-22(15-19(2)26(38)36-27(17-34)9-10-27)41(39,40)24-8-6-20(16-23(24)30)5-7-21-4-3-13-35-21/h3-4,6,8,13,16,18-19,21-22H,5,7,9-12,14-15H2,1-2H3,(H,36,38). The van der Waals surface area contributed by atoms with Crippen LogP contribution in [0.1, 0.15) is 64.4 Å². The summed E-state index contributed by atoms with van der Waals surface area (Å²) in [6.45, 7) is 2.81. The van der Waals surface area contributed by atoms with E-state index >= 15 is 0 Å². The number of nitrogens with zero attached hydrogens (tertiary/aromatic N) is 2. The predicted octanol–water partition coefficient (Wildman–Crippen LogP) is 5.56. The van der Waals surface area contributed by atoms with Gasteiger partial charge < -0.3 is 5.32 Å². The Hall–Kier alpha value is -2.71. The Bertz CT molecular complexity index is 1400. The first-order valence-electron chi connectivity index (χ1n) is 13.7. The zero-order valence-electron chi connectivity index (χ0n) is 22.9. The molecule has 1 aromatic rings. The number of ketones is 1. The molecule has 1 amide bonds. The summed E-state index contributed by atoms with van der Waals surface area (Å²) in [5.41, 5.74) is -2.61. The molecule has 12 heteroatoms. The van der Waals surface area contributed by atoms with Gasteiger partial charge >= 0.3 is 6.18 Å². The molecule has 7 nitrogen and oxygen atoms in total. The molecule has 0 bridgehead atoms. The Labute approximate surface area is 243 Å². The summed E-state index contributed by atoms with van der Waals surface area (Å²) in [5.74, 6) is -3.67. The minimum atomic E-state index is -4.71. The lowest BCUT2D eigenvalue weighted by atomic mass is 9.86. The van der Waals surface area contributed by atoms with Gasteiger partial charge in [-0.3, -0.25) is 14.6 Å². The highest BCUT2D eigenvalue weighted by Gasteiger charge is 2.68. The quantitative estimate of drug-likeness (QED) is 0.313. The average Bonchev–Trinajstić information content (AvgIpc) is 3.83. The highest BCUT2D eigenvalue weighted by Crippen LogP contribution is 2.59. The van der Waals surface area contributed by atoms with Crippen molar-refractivity contribution in [1.29, 1.82) is 5.26 Å². The van der Waals surface area contributed by atoms with Gasteiger partial charge in [-0.2, -0.15) is 18.4 Å². The number of halogens is 4. The maximum absolute atomic E-state index is 13.9. The van der Waals surface area contributed by atoms with Gasteiger partial charge in [0.1, 0.15) is 11.0 Å². The number of hydrogen-bond acceptors (Lipinski definition) is 6. The average molecular weight is 612 g/mol. The summed E-state index contributed by atoms with van der Waals surface area (Å²) in [5, 5.41) is 10.6. The van der Waals surface area contributed by atoms with Gasteiger partial charge in [-0.05, 0) is 75.1 Å². The number of allylic oxidation sites excluding steroid dienone is 1. The summed E-state index contributed by atoms with van der Waals surface area (Å²) in [4.78, 5) is 29.9. The topological polar surface area (TPSA) is 116 Å². The van der Waals surface area contributed by atoms with E-state index in [2.05, 4.69) is 10.3 Å². The van der Waals surface area contributed by atoms with Crippen LogP contribution in [0.5, 0.6) is 0 Å². The number of aryl methyl sites for hydroxylation is 1. The Morgan fingerprint density at radius 3 is 2.34 bits per heavy atom. The van der Waals surface area contributed by atoms with E-state index in [0.29, 0.717) is 25.7 Å². The number of aliphatic imine (C=N–C) groups is 1. The van der Waals surface area contributed by atoms with Gasteiger partial charge in [-0.1, -0.05) is 37.6 Å². The van der Waals surface area contributed by atoms with Crippen molar-refractivity contribution >= 4 is 39.3 Å². The number of nitrogens with one attached hydrogen (secondary N) is 1. The number of amides is 1. The molecule has 2 fully saturated rings. The smallest absolute Gasteiger partial charge is 0.338 e. The number of sulfone groups is 1. The van der Waals surface area contributed by atoms with Crippen LogP contribution in [0.4, 0.5) is 13.2 Å². The van der Waals surface area contributed by atoms with E-state index in [9.17, 15) is 36.4 Å². The summed E-state index contributed by atoms with van der Waals surface area (Å²) < 4.78 is 68.9. The first kappa shape index (κ1) is 31.2. The zero-order chi connectivity index (χ0) is 30.2. The Morgan fingerprint density at radius 2 is 1.83 bits per heavy atom. The van der Waals surface area contributed by atoms with Gasteiger partial charge in [-0.15, -0.1) is 0 Å². The molecule has 0 saturated heterocycles. The van der Waals surface area contributed by atoms with E-state index in [1.54, 1.807) is 18.3 Å². The maximum atomic E-state index is 13.9. The van der Waals surface area contributed by atoms with Crippen molar-refractivity contribution in [2.24, 2.45) is 22.2 Å². The minimum Gasteiger partial charge on any atom is -0.338 e. The molecule has 222 valence electrons. The minimum absolute atomic E-state index is 0.0375. The van der Waals surface area contributed by atoms with E-state index in [1.807, 2.05) is 18.2 Å². The Balaban J connectivity index is 1.56. The van der Waals surface area contributed by atoms with Crippen molar-refractivity contribution in [2.75, 3.05) is 0 Å². The molecule has 0 spiro atoms. The van der Waals surface area contributed by atoms with Crippen LogP contribution in [-0.2, 0) is 25.8 Å². The third-order valence-corrected chi connectivity index (χ3v) is 11.0. The molecule has 1 heterocycles. The molecule has 2 saturated carbocycles. The number of Topliss-reactive ketones (excluding diaryl/α,β-unsaturated/α-hetero) is 1. The molecule has 4 rings (SSSR count). The summed E-state index contributed by atoms with van der Waals surface area (Å²) in [6, 6.07) is 6.63. The second kappa shape index (κ2) is 11.5. The van der Waals surface area contributed by atoms with Crippen LogP contribution < -0.4 is 5.32 Å². The SMILES string of the molecule is CC(CC(CC(C)C(=O)C1(C(F)(F)F)CC1)S(=O)(=O)c1ccc(CCC2C=CC=N2)cc1Cl)C(=O)NC1(C#N)CC1. The molecule has 3 aliphatic rings. The van der Waals surface area contributed by atoms with Crippen LogP contribution in [-0.4, -0.2) is 49.3 Å². The molecule has 4 atom stereocenters. The van der Waals surface area contributed by atoms with Crippen molar-refractivity contribution in [2.45, 2.75) is 93.1 Å². The largest absolute Gasteiger partial charge is 0.401 e. The summed E-state index contributed by atoms with van der Waals surface area (Å²) in [7, 11) is -4.28. The fourth-order valence-electron chi connectivity index (χ4n) is 5.35. The lowest BCUT2D eigenvalue weighted by Crippen LogP contribution is -2.41. The van der Waals surface area contributed by atoms with Crippen molar-refractivity contribution in [1.82, 2.24) is 5.32 Å². The third kappa shape index (κ3) is 6.69. The molecular formula is C29H33ClF3N3O4S. The lowest BCUT2D eigenvalue weighted by molar-refractivity contribution is -0.193. The Morgan fingerprint density at radius 1 is 1.17 bits per heavy atom. The maximum Gasteiger partial charge on any atom is 0.401 e. The van der Waals surface area contributed by atoms with Gasteiger partial charge in [0.25, 0.3) is 0 Å². The van der Waals surface area contributed by atoms with Crippen LogP contribution in [0.15, 0.2) is 40.2 Å². The van der Waals surface area contributed by atoms with E-state index in [-0.39, 0.29) is 35.2 Å². The van der Waals surface area contributed by atoms with E-state index in [1.165, 1.54) is 19.9 Å². The number of carbonyl (C=O) groups is 2. The molecule has 1 aliphatic heterocycles. The van der Waals surface area contributed by atoms with Crippen LogP contribution in [0.3, 0.4) is 0 Å². The lowest BCUT2D eigenvalue weighted by Gasteiger charge is -2.27. The van der Waals surface area contributed by atoms with Crippen molar-refractivity contribution in [3.63, 3.8) is 0 Å². The van der Waals surface area contributed by atoms with Gasteiger partial charge in [0, 0.05) is 18.1 Å². The summed E-state index contributed by atoms with van der Waals surface area (Å²) in [6.07, 6.45) is 1.79. The van der Waals surface area contributed by atoms with Gasteiger partial charge in [0.2, 0.25) is 5.91 Å². The monoisotopic (exact) mass is 611 g/mol. The third-order valence-electron chi connectivity index (χ3n) is 8.39. The molecule has 41 heavy (non-hydrogen) atoms. The van der Waals surface area contributed by atoms with E-state index in [0.717, 1.165) is 5.56 Å². The highest BCUT2D eigenvalue weighted by molar-refractivity contribution is 7.92. The van der Waals surface area contributed by atoms with E-state index < -0.39 is 62.2 Å². The zero-order valence-corrected chi connectivity index (χ0v) is 24.5. The molecule has 1 N–H and O–H groups in total. The van der Waals surface area contributed by atoms with Crippen LogP contribution in [0, 0.1) is 28.6 Å². The normalized spacial score (nSPS) is 22.4. The molecular weight excluding hydrogens is 579 g/mol. The second-order valence-corrected chi connectivity index (χ2v) is 14.2. The fourth-order valence-corrected chi connectivity index (χ4v) is 7.91. The molecule has 0 radical (unpaired) electrons. The predicted molar refractivity (Wildman–Crippen MR) is 148 cm³/mol. The van der Waals surface area contributed by atoms with Crippen molar-refractivity contribution in [3.8, 4) is 6.07 Å². The van der Waals surface area contributed by atoms with Crippen LogP contribution in [0.25, 0.3) is 0 Å². The van der Waals surface area contributed by atoms with Crippen LogP contribution in [0.2, 0.25) is 5.02 Å². The van der Waals surface area contributed by atoms with Gasteiger partial charge in [-0.25, -0.2) is 8.42 Å². The van der Waals surface area contributed by atoms with Crippen LogP contribution >= 0.6 is 11.6 Å². The number of hydrogen-bond donors (Lipinski definition) is 1. The molecule has 1 aromatic carbocycles. The van der Waals surface area contributed by atoms with Gasteiger partial charge in [0.15, 0.2) is 15.6 Å². The van der Waals surface area contributed by atoms with Gasteiger partial charge in [0.05, 0.1) is 27.3 Å². The molecule has 4 unspecified atom stereocenters. The number of alkyl halides is 3. The Kier molecular flexibility index (Phi) is 8.78. The fraction of sp³-hybridized carbons (Fsp3) is 0.586. The number of nitriles is 1. The molecule has 0 aromatic heterocycles. The van der Waals surface area contributed by atoms with E-state index in [4.69, 9.17) is 11.6 Å². The second-order valence-electron chi connectivity index (χ2n) is 11.6. The van der Waals surface area contributed by atoms with Crippen molar-refractivity contribution < 1.29 is 31.2 Å². The highest BCUT2D eigenvalue weighted by atomic mass is 35.5. The van der Waals surface area contributed by atoms with Crippen molar-refractivity contribution in [3.05, 3.63) is 40.9 Å².